The van der Waals surface area contributed by atoms with E-state index in [1.165, 1.54) is 18.2 Å². The largest absolute Gasteiger partial charge is 0.478 e. The van der Waals surface area contributed by atoms with Gasteiger partial charge in [0.05, 0.1) is 10.5 Å². The van der Waals surface area contributed by atoms with Crippen LogP contribution in [0, 0.1) is 10.1 Å². The highest BCUT2D eigenvalue weighted by Gasteiger charge is 2.19. The molecule has 0 fully saturated rings. The van der Waals surface area contributed by atoms with E-state index >= 15 is 0 Å². The zero-order valence-corrected chi connectivity index (χ0v) is 11.6. The molecule has 1 N–H and O–H groups in total. The fraction of sp³-hybridized carbons (Fsp3) is 0.417. The molecule has 19 heavy (non-hydrogen) atoms. The van der Waals surface area contributed by atoms with Crippen molar-refractivity contribution in [3.8, 4) is 0 Å². The van der Waals surface area contributed by atoms with Gasteiger partial charge in [-0.2, -0.15) is 11.8 Å². The average Bonchev–Trinajstić information content (AvgIpc) is 2.37. The second kappa shape index (κ2) is 6.98. The molecule has 1 aromatic rings. The summed E-state index contributed by atoms with van der Waals surface area (Å²) in [5.41, 5.74) is 0.319. The maximum atomic E-state index is 11.0. The average molecular weight is 284 g/mol. The zero-order chi connectivity index (χ0) is 14.4. The predicted molar refractivity (Wildman–Crippen MR) is 76.3 cm³/mol. The van der Waals surface area contributed by atoms with Crippen LogP contribution < -0.4 is 4.90 Å². The number of nitrogens with zero attached hydrogens (tertiary/aromatic N) is 2. The predicted octanol–water partition coefficient (Wildman–Crippen LogP) is 2.48. The summed E-state index contributed by atoms with van der Waals surface area (Å²) in [6, 6.07) is 3.84. The third kappa shape index (κ3) is 4.13. The van der Waals surface area contributed by atoms with Gasteiger partial charge >= 0.3 is 5.97 Å². The van der Waals surface area contributed by atoms with Crippen LogP contribution in [-0.4, -0.2) is 41.6 Å². The number of nitro groups is 1. The standard InChI is InChI=1S/C12H16N2O4S/c1-13(6-3-7-19-2)11-8-9(12(15)16)4-5-10(11)14(17)18/h4-5,8H,3,6-7H2,1-2H3,(H,15,16). The summed E-state index contributed by atoms with van der Waals surface area (Å²) < 4.78 is 0. The summed E-state index contributed by atoms with van der Waals surface area (Å²) in [4.78, 5) is 23.1. The Morgan fingerprint density at radius 3 is 2.74 bits per heavy atom. The molecule has 0 unspecified atom stereocenters. The summed E-state index contributed by atoms with van der Waals surface area (Å²) in [6.45, 7) is 0.644. The summed E-state index contributed by atoms with van der Waals surface area (Å²) in [6.07, 6.45) is 2.87. The van der Waals surface area contributed by atoms with E-state index in [0.29, 0.717) is 12.2 Å². The van der Waals surface area contributed by atoms with Crippen molar-refractivity contribution in [3.05, 3.63) is 33.9 Å². The van der Waals surface area contributed by atoms with E-state index in [2.05, 4.69) is 0 Å². The normalized spacial score (nSPS) is 10.2. The smallest absolute Gasteiger partial charge is 0.335 e. The van der Waals surface area contributed by atoms with Crippen LogP contribution in [-0.2, 0) is 0 Å². The van der Waals surface area contributed by atoms with Gasteiger partial charge in [0.1, 0.15) is 5.69 Å². The molecule has 1 aromatic carbocycles. The second-order valence-electron chi connectivity index (χ2n) is 4.03. The van der Waals surface area contributed by atoms with Crippen molar-refractivity contribution < 1.29 is 14.8 Å². The Balaban J connectivity index is 3.02. The Morgan fingerprint density at radius 1 is 1.53 bits per heavy atom. The molecule has 0 saturated heterocycles. The number of hydrogen-bond acceptors (Lipinski definition) is 5. The van der Waals surface area contributed by atoms with Gasteiger partial charge in [-0.3, -0.25) is 10.1 Å². The minimum Gasteiger partial charge on any atom is -0.478 e. The van der Waals surface area contributed by atoms with Crippen LogP contribution >= 0.6 is 11.8 Å². The monoisotopic (exact) mass is 284 g/mol. The number of carboxylic acids is 1. The van der Waals surface area contributed by atoms with Gasteiger partial charge < -0.3 is 10.0 Å². The molecule has 0 amide bonds. The minimum absolute atomic E-state index is 0.0531. The third-order valence-electron chi connectivity index (χ3n) is 2.67. The van der Waals surface area contributed by atoms with Gasteiger partial charge in [0, 0.05) is 19.7 Å². The Labute approximate surface area is 115 Å². The van der Waals surface area contributed by atoms with Gasteiger partial charge in [0.15, 0.2) is 0 Å². The van der Waals surface area contributed by atoms with E-state index in [1.807, 2.05) is 6.26 Å². The Morgan fingerprint density at radius 2 is 2.21 bits per heavy atom. The van der Waals surface area contributed by atoms with E-state index in [9.17, 15) is 14.9 Å². The summed E-state index contributed by atoms with van der Waals surface area (Å²) in [5.74, 6) is -0.134. The van der Waals surface area contributed by atoms with Crippen LogP contribution in [0.5, 0.6) is 0 Å². The summed E-state index contributed by atoms with van der Waals surface area (Å²) in [5, 5.41) is 19.9. The van der Waals surface area contributed by atoms with Gasteiger partial charge in [-0.1, -0.05) is 0 Å². The first-order valence-corrected chi connectivity index (χ1v) is 7.08. The van der Waals surface area contributed by atoms with Crippen molar-refractivity contribution in [2.45, 2.75) is 6.42 Å². The second-order valence-corrected chi connectivity index (χ2v) is 5.02. The van der Waals surface area contributed by atoms with E-state index in [1.54, 1.807) is 23.7 Å². The summed E-state index contributed by atoms with van der Waals surface area (Å²) >= 11 is 1.70. The maximum Gasteiger partial charge on any atom is 0.335 e. The highest BCUT2D eigenvalue weighted by atomic mass is 32.2. The molecule has 0 atom stereocenters. The fourth-order valence-corrected chi connectivity index (χ4v) is 2.10. The fourth-order valence-electron chi connectivity index (χ4n) is 1.68. The first-order valence-electron chi connectivity index (χ1n) is 5.69. The van der Waals surface area contributed by atoms with Crippen molar-refractivity contribution in [2.75, 3.05) is 30.5 Å². The lowest BCUT2D eigenvalue weighted by Gasteiger charge is -2.19. The molecule has 0 saturated carbocycles. The van der Waals surface area contributed by atoms with Crippen molar-refractivity contribution >= 4 is 29.1 Å². The summed E-state index contributed by atoms with van der Waals surface area (Å²) in [7, 11) is 1.73. The first-order chi connectivity index (χ1) is 8.97. The van der Waals surface area contributed by atoms with Crippen molar-refractivity contribution in [1.29, 1.82) is 0 Å². The molecule has 6 nitrogen and oxygen atoms in total. The lowest BCUT2D eigenvalue weighted by molar-refractivity contribution is -0.384. The molecular formula is C12H16N2O4S. The topological polar surface area (TPSA) is 83.7 Å². The minimum atomic E-state index is -1.09. The highest BCUT2D eigenvalue weighted by Crippen LogP contribution is 2.28. The zero-order valence-electron chi connectivity index (χ0n) is 10.8. The molecular weight excluding hydrogens is 268 g/mol. The number of carboxylic acid groups (broad SMARTS) is 1. The maximum absolute atomic E-state index is 11.0. The Bertz CT molecular complexity index is 479. The molecule has 1 rings (SSSR count). The van der Waals surface area contributed by atoms with Crippen molar-refractivity contribution in [2.24, 2.45) is 0 Å². The molecule has 0 aliphatic rings. The Hall–Kier alpha value is -1.76. The van der Waals surface area contributed by atoms with E-state index in [4.69, 9.17) is 5.11 Å². The van der Waals surface area contributed by atoms with Gasteiger partial charge in [-0.05, 0) is 30.6 Å². The molecule has 0 aromatic heterocycles. The van der Waals surface area contributed by atoms with E-state index in [0.717, 1.165) is 12.2 Å². The number of carbonyl (C=O) groups is 1. The number of benzene rings is 1. The van der Waals surface area contributed by atoms with E-state index < -0.39 is 10.9 Å². The molecule has 7 heteroatoms. The van der Waals surface area contributed by atoms with Crippen LogP contribution in [0.2, 0.25) is 0 Å². The molecule has 104 valence electrons. The SMILES string of the molecule is CSCCCN(C)c1cc(C(=O)O)ccc1[N+](=O)[O-]. The van der Waals surface area contributed by atoms with Crippen molar-refractivity contribution in [3.63, 3.8) is 0 Å². The number of thioether (sulfide) groups is 1. The van der Waals surface area contributed by atoms with Crippen LogP contribution in [0.25, 0.3) is 0 Å². The number of anilines is 1. The van der Waals surface area contributed by atoms with Crippen LogP contribution in [0.15, 0.2) is 18.2 Å². The highest BCUT2D eigenvalue weighted by molar-refractivity contribution is 7.98. The molecule has 0 aliphatic carbocycles. The first kappa shape index (κ1) is 15.3. The number of hydrogen-bond donors (Lipinski definition) is 1. The van der Waals surface area contributed by atoms with Gasteiger partial charge in [0.2, 0.25) is 0 Å². The molecule has 0 bridgehead atoms. The molecule has 0 radical (unpaired) electrons. The molecule has 0 aliphatic heterocycles. The van der Waals surface area contributed by atoms with Gasteiger partial charge in [-0.15, -0.1) is 0 Å². The lowest BCUT2D eigenvalue weighted by atomic mass is 10.1. The molecule has 0 heterocycles. The lowest BCUT2D eigenvalue weighted by Crippen LogP contribution is -2.20. The third-order valence-corrected chi connectivity index (χ3v) is 3.37. The van der Waals surface area contributed by atoms with Crippen molar-refractivity contribution in [1.82, 2.24) is 0 Å². The molecule has 0 spiro atoms. The number of nitro benzene ring substituents is 1. The van der Waals surface area contributed by atoms with Crippen LogP contribution in [0.3, 0.4) is 0 Å². The van der Waals surface area contributed by atoms with Crippen LogP contribution in [0.4, 0.5) is 11.4 Å². The van der Waals surface area contributed by atoms with Gasteiger partial charge in [-0.25, -0.2) is 4.79 Å². The number of aromatic carboxylic acids is 1. The number of rotatable bonds is 7. The quantitative estimate of drug-likeness (QED) is 0.470. The van der Waals surface area contributed by atoms with Gasteiger partial charge in [0.25, 0.3) is 5.69 Å². The van der Waals surface area contributed by atoms with Crippen LogP contribution in [0.1, 0.15) is 16.8 Å². The Kier molecular flexibility index (Phi) is 5.62. The van der Waals surface area contributed by atoms with E-state index in [-0.39, 0.29) is 11.3 Å².